The Bertz CT molecular complexity index is 593. The van der Waals surface area contributed by atoms with E-state index >= 15 is 0 Å². The van der Waals surface area contributed by atoms with Gasteiger partial charge in [0.15, 0.2) is 5.76 Å². The van der Waals surface area contributed by atoms with Gasteiger partial charge in [0.25, 0.3) is 0 Å². The lowest BCUT2D eigenvalue weighted by Gasteiger charge is -2.30. The largest absolute Gasteiger partial charge is 0.393 e. The topological polar surface area (TPSA) is 84.1 Å². The van der Waals surface area contributed by atoms with Crippen molar-refractivity contribution in [1.29, 1.82) is 0 Å². The highest BCUT2D eigenvalue weighted by atomic mass is 16.5. The molecule has 21 heavy (non-hydrogen) atoms. The number of aryl methyl sites for hydroxylation is 1. The lowest BCUT2D eigenvalue weighted by molar-refractivity contribution is 0.0732. The summed E-state index contributed by atoms with van der Waals surface area (Å²) in [6.07, 6.45) is 4.96. The Morgan fingerprint density at radius 1 is 1.33 bits per heavy atom. The summed E-state index contributed by atoms with van der Waals surface area (Å²) in [6.45, 7) is 2.67. The molecule has 112 valence electrons. The fraction of sp³-hybridized carbons (Fsp3) is 0.533. The number of rotatable bonds is 6. The molecule has 0 amide bonds. The number of hydrogen-bond acceptors (Lipinski definition) is 6. The highest BCUT2D eigenvalue weighted by molar-refractivity contribution is 5.36. The fourth-order valence-corrected chi connectivity index (χ4v) is 2.51. The van der Waals surface area contributed by atoms with E-state index in [1.165, 1.54) is 0 Å². The second-order valence-corrected chi connectivity index (χ2v) is 5.54. The first kappa shape index (κ1) is 14.0. The Balaban J connectivity index is 1.58. The predicted octanol–water partition coefficient (Wildman–Crippen LogP) is 2.27. The Morgan fingerprint density at radius 3 is 2.95 bits per heavy atom. The first-order chi connectivity index (χ1) is 10.2. The summed E-state index contributed by atoms with van der Waals surface area (Å²) in [7, 11) is 0. The minimum atomic E-state index is -0.174. The molecular formula is C15H20N4O2. The van der Waals surface area contributed by atoms with Gasteiger partial charge in [0, 0.05) is 23.7 Å². The molecule has 0 spiro atoms. The third-order valence-corrected chi connectivity index (χ3v) is 3.78. The molecule has 1 fully saturated rings. The molecule has 2 heterocycles. The average molecular weight is 288 g/mol. The summed E-state index contributed by atoms with van der Waals surface area (Å²) >= 11 is 0. The van der Waals surface area contributed by atoms with Crippen molar-refractivity contribution in [3.8, 4) is 0 Å². The monoisotopic (exact) mass is 288 g/mol. The van der Waals surface area contributed by atoms with Crippen LogP contribution in [0.15, 0.2) is 23.0 Å². The van der Waals surface area contributed by atoms with Crippen molar-refractivity contribution in [2.24, 2.45) is 0 Å². The minimum Gasteiger partial charge on any atom is -0.393 e. The van der Waals surface area contributed by atoms with Gasteiger partial charge in [-0.15, -0.1) is 0 Å². The van der Waals surface area contributed by atoms with Crippen molar-refractivity contribution in [2.45, 2.75) is 51.2 Å². The summed E-state index contributed by atoms with van der Waals surface area (Å²) in [5.74, 6) is 1.93. The van der Waals surface area contributed by atoms with Crippen LogP contribution in [0.2, 0.25) is 0 Å². The van der Waals surface area contributed by atoms with Crippen molar-refractivity contribution >= 4 is 5.82 Å². The second-order valence-electron chi connectivity index (χ2n) is 5.54. The van der Waals surface area contributed by atoms with Gasteiger partial charge in [0.2, 0.25) is 0 Å². The minimum absolute atomic E-state index is 0.174. The van der Waals surface area contributed by atoms with Gasteiger partial charge in [-0.25, -0.2) is 9.97 Å². The molecule has 1 aliphatic rings. The smallest absolute Gasteiger partial charge is 0.156 e. The van der Waals surface area contributed by atoms with E-state index in [0.717, 1.165) is 48.6 Å². The molecule has 1 aliphatic carbocycles. The van der Waals surface area contributed by atoms with Gasteiger partial charge in [0.1, 0.15) is 12.1 Å². The highest BCUT2D eigenvalue weighted by Gasteiger charge is 2.29. The standard InChI is InChI=1S/C15H20N4O2/c1-2-3-11-6-13(21-19-11)8-16-15-7-14(17-9-18-15)10-4-12(20)5-10/h6-7,9-10,12,20H,2-5,8H2,1H3,(H,16,17,18). The molecule has 0 bridgehead atoms. The zero-order valence-electron chi connectivity index (χ0n) is 12.1. The van der Waals surface area contributed by atoms with E-state index < -0.39 is 0 Å². The lowest BCUT2D eigenvalue weighted by atomic mass is 9.80. The molecule has 2 N–H and O–H groups in total. The van der Waals surface area contributed by atoms with Crippen LogP contribution < -0.4 is 5.32 Å². The Morgan fingerprint density at radius 2 is 2.19 bits per heavy atom. The predicted molar refractivity (Wildman–Crippen MR) is 77.8 cm³/mol. The van der Waals surface area contributed by atoms with Crippen LogP contribution in [0.3, 0.4) is 0 Å². The van der Waals surface area contributed by atoms with Crippen LogP contribution in [0.25, 0.3) is 0 Å². The van der Waals surface area contributed by atoms with Gasteiger partial charge < -0.3 is 14.9 Å². The molecule has 6 heteroatoms. The van der Waals surface area contributed by atoms with Crippen LogP contribution in [0.5, 0.6) is 0 Å². The normalized spacial score (nSPS) is 21.0. The van der Waals surface area contributed by atoms with Gasteiger partial charge in [-0.1, -0.05) is 18.5 Å². The number of aliphatic hydroxyl groups excluding tert-OH is 1. The summed E-state index contributed by atoms with van der Waals surface area (Å²) in [5.41, 5.74) is 1.98. The van der Waals surface area contributed by atoms with E-state index in [1.54, 1.807) is 6.33 Å². The molecule has 0 atom stereocenters. The highest BCUT2D eigenvalue weighted by Crippen LogP contribution is 2.35. The van der Waals surface area contributed by atoms with Gasteiger partial charge in [0.05, 0.1) is 18.3 Å². The van der Waals surface area contributed by atoms with Crippen molar-refractivity contribution in [3.63, 3.8) is 0 Å². The van der Waals surface area contributed by atoms with Crippen LogP contribution >= 0.6 is 0 Å². The number of aromatic nitrogens is 3. The van der Waals surface area contributed by atoms with E-state index in [-0.39, 0.29) is 6.10 Å². The molecule has 0 saturated heterocycles. The van der Waals surface area contributed by atoms with Crippen LogP contribution in [0.4, 0.5) is 5.82 Å². The fourth-order valence-electron chi connectivity index (χ4n) is 2.51. The van der Waals surface area contributed by atoms with E-state index in [4.69, 9.17) is 4.52 Å². The molecule has 0 aliphatic heterocycles. The maximum absolute atomic E-state index is 9.37. The Hall–Kier alpha value is -1.95. The third-order valence-electron chi connectivity index (χ3n) is 3.78. The van der Waals surface area contributed by atoms with Crippen molar-refractivity contribution in [2.75, 3.05) is 5.32 Å². The van der Waals surface area contributed by atoms with E-state index in [1.807, 2.05) is 12.1 Å². The second kappa shape index (κ2) is 6.22. The number of anilines is 1. The molecule has 6 nitrogen and oxygen atoms in total. The Labute approximate surface area is 123 Å². The molecule has 1 saturated carbocycles. The zero-order chi connectivity index (χ0) is 14.7. The van der Waals surface area contributed by atoms with Crippen molar-refractivity contribution in [1.82, 2.24) is 15.1 Å². The van der Waals surface area contributed by atoms with E-state index in [2.05, 4.69) is 27.4 Å². The summed E-state index contributed by atoms with van der Waals surface area (Å²) in [5, 5.41) is 16.6. The number of nitrogens with one attached hydrogen (secondary N) is 1. The summed E-state index contributed by atoms with van der Waals surface area (Å²) < 4.78 is 5.27. The van der Waals surface area contributed by atoms with Crippen LogP contribution in [-0.2, 0) is 13.0 Å². The maximum Gasteiger partial charge on any atom is 0.156 e. The van der Waals surface area contributed by atoms with Crippen LogP contribution in [0, 0.1) is 0 Å². The number of hydrogen-bond donors (Lipinski definition) is 2. The summed E-state index contributed by atoms with van der Waals surface area (Å²) in [4.78, 5) is 8.49. The van der Waals surface area contributed by atoms with Crippen LogP contribution in [-0.4, -0.2) is 26.3 Å². The average Bonchev–Trinajstić information content (AvgIpc) is 2.90. The first-order valence-corrected chi connectivity index (χ1v) is 7.43. The third kappa shape index (κ3) is 3.39. The molecule has 2 aromatic heterocycles. The molecule has 2 aromatic rings. The molecule has 0 unspecified atom stereocenters. The van der Waals surface area contributed by atoms with Gasteiger partial charge in [-0.3, -0.25) is 0 Å². The van der Waals surface area contributed by atoms with Crippen LogP contribution in [0.1, 0.15) is 49.3 Å². The first-order valence-electron chi connectivity index (χ1n) is 7.43. The van der Waals surface area contributed by atoms with Gasteiger partial charge >= 0.3 is 0 Å². The lowest BCUT2D eigenvalue weighted by Crippen LogP contribution is -2.27. The number of aliphatic hydroxyl groups is 1. The number of nitrogens with zero attached hydrogens (tertiary/aromatic N) is 3. The van der Waals surface area contributed by atoms with Crippen molar-refractivity contribution in [3.05, 3.63) is 35.6 Å². The van der Waals surface area contributed by atoms with Crippen molar-refractivity contribution < 1.29 is 9.63 Å². The van der Waals surface area contributed by atoms with E-state index in [9.17, 15) is 5.11 Å². The molecule has 0 radical (unpaired) electrons. The van der Waals surface area contributed by atoms with Gasteiger partial charge in [-0.05, 0) is 19.3 Å². The zero-order valence-corrected chi connectivity index (χ0v) is 12.1. The summed E-state index contributed by atoms with van der Waals surface area (Å²) in [6, 6.07) is 3.92. The molecule has 0 aromatic carbocycles. The SMILES string of the molecule is CCCc1cc(CNc2cc(C3CC(O)C3)ncn2)on1. The Kier molecular flexibility index (Phi) is 4.15. The molecular weight excluding hydrogens is 268 g/mol. The molecule has 3 rings (SSSR count). The quantitative estimate of drug-likeness (QED) is 0.848. The maximum atomic E-state index is 9.37. The van der Waals surface area contributed by atoms with E-state index in [0.29, 0.717) is 12.5 Å². The van der Waals surface area contributed by atoms with Gasteiger partial charge in [-0.2, -0.15) is 0 Å².